The van der Waals surface area contributed by atoms with Crippen LogP contribution in [-0.4, -0.2) is 30.2 Å². The molecule has 0 saturated carbocycles. The molecule has 8 nitrogen and oxygen atoms in total. The number of nitrogens with one attached hydrogen (secondary N) is 2. The number of benzene rings is 1. The maximum absolute atomic E-state index is 11.8. The number of nitrogens with zero attached hydrogens (tertiary/aromatic N) is 1. The van der Waals surface area contributed by atoms with Gasteiger partial charge in [-0.25, -0.2) is 4.79 Å². The van der Waals surface area contributed by atoms with Gasteiger partial charge in [0.15, 0.2) is 5.82 Å². The van der Waals surface area contributed by atoms with Gasteiger partial charge in [0.25, 0.3) is 0 Å². The maximum Gasteiger partial charge on any atom is 0.320 e. The molecule has 0 aliphatic rings. The van der Waals surface area contributed by atoms with Crippen molar-refractivity contribution in [2.45, 2.75) is 20.3 Å². The van der Waals surface area contributed by atoms with Crippen molar-refractivity contribution in [2.75, 3.05) is 18.5 Å². The lowest BCUT2D eigenvalue weighted by molar-refractivity contribution is -0.121. The number of nitrogens with two attached hydrogens (primary N) is 1. The van der Waals surface area contributed by atoms with E-state index in [1.807, 2.05) is 31.2 Å². The first-order chi connectivity index (χ1) is 12.0. The molecule has 0 aliphatic carbocycles. The predicted octanol–water partition coefficient (Wildman–Crippen LogP) is 1.85. The Hall–Kier alpha value is -3.03. The van der Waals surface area contributed by atoms with Crippen LogP contribution in [0.3, 0.4) is 0 Å². The van der Waals surface area contributed by atoms with Gasteiger partial charge in [-0.3, -0.25) is 10.1 Å². The number of aromatic nitrogens is 1. The van der Waals surface area contributed by atoms with E-state index < -0.39 is 17.9 Å². The van der Waals surface area contributed by atoms with Crippen molar-refractivity contribution in [1.82, 2.24) is 10.5 Å². The highest BCUT2D eigenvalue weighted by atomic mass is 16.5. The fraction of sp³-hybridized carbons (Fsp3) is 0.353. The standard InChI is InChI=1S/C17H22N4O4/c1-3-24-14-6-4-12(5-7-14)9-13(16(18)22)10-19-17(23)20-15-8-11(2)25-21-15/h4-8,13H,3,9-10H2,1-2H3,(H2,18,22)(H2,19,20,21,23)/t13-/m0/s1. The summed E-state index contributed by atoms with van der Waals surface area (Å²) >= 11 is 0. The monoisotopic (exact) mass is 346 g/mol. The number of urea groups is 1. The fourth-order valence-electron chi connectivity index (χ4n) is 2.25. The minimum atomic E-state index is -0.525. The topological polar surface area (TPSA) is 119 Å². The summed E-state index contributed by atoms with van der Waals surface area (Å²) in [6.45, 7) is 4.34. The summed E-state index contributed by atoms with van der Waals surface area (Å²) in [4.78, 5) is 23.5. The van der Waals surface area contributed by atoms with E-state index in [0.717, 1.165) is 11.3 Å². The quantitative estimate of drug-likeness (QED) is 0.674. The molecule has 2 rings (SSSR count). The van der Waals surface area contributed by atoms with Crippen LogP contribution in [-0.2, 0) is 11.2 Å². The summed E-state index contributed by atoms with van der Waals surface area (Å²) in [5.74, 6) is 0.648. The maximum atomic E-state index is 11.8. The summed E-state index contributed by atoms with van der Waals surface area (Å²) in [6.07, 6.45) is 0.422. The first-order valence-electron chi connectivity index (χ1n) is 7.97. The van der Waals surface area contributed by atoms with Crippen molar-refractivity contribution in [3.05, 3.63) is 41.7 Å². The van der Waals surface area contributed by atoms with E-state index in [9.17, 15) is 9.59 Å². The Bertz CT molecular complexity index is 712. The molecule has 3 amide bonds. The summed E-state index contributed by atoms with van der Waals surface area (Å²) < 4.78 is 10.2. The Kier molecular flexibility index (Phi) is 6.39. The van der Waals surface area contributed by atoms with E-state index >= 15 is 0 Å². The molecule has 1 aromatic heterocycles. The Morgan fingerprint density at radius 3 is 2.60 bits per heavy atom. The van der Waals surface area contributed by atoms with Gasteiger partial charge >= 0.3 is 6.03 Å². The molecular weight excluding hydrogens is 324 g/mol. The first-order valence-corrected chi connectivity index (χ1v) is 7.97. The molecule has 4 N–H and O–H groups in total. The Morgan fingerprint density at radius 1 is 1.32 bits per heavy atom. The van der Waals surface area contributed by atoms with Gasteiger partial charge in [-0.05, 0) is 38.0 Å². The lowest BCUT2D eigenvalue weighted by atomic mass is 9.98. The summed E-state index contributed by atoms with van der Waals surface area (Å²) in [5, 5.41) is 8.79. The van der Waals surface area contributed by atoms with Crippen molar-refractivity contribution in [3.8, 4) is 5.75 Å². The summed E-state index contributed by atoms with van der Waals surface area (Å²) in [7, 11) is 0. The normalized spacial score (nSPS) is 11.6. The molecule has 0 saturated heterocycles. The second-order valence-corrected chi connectivity index (χ2v) is 5.54. The average molecular weight is 346 g/mol. The first kappa shape index (κ1) is 18.3. The zero-order chi connectivity index (χ0) is 18.2. The average Bonchev–Trinajstić information content (AvgIpc) is 2.98. The van der Waals surface area contributed by atoms with Crippen LogP contribution >= 0.6 is 0 Å². The number of carbonyl (C=O) groups is 2. The molecule has 8 heteroatoms. The predicted molar refractivity (Wildman–Crippen MR) is 92.3 cm³/mol. The van der Waals surface area contributed by atoms with Crippen molar-refractivity contribution in [1.29, 1.82) is 0 Å². The molecule has 0 spiro atoms. The molecule has 0 aliphatic heterocycles. The van der Waals surface area contributed by atoms with Crippen LogP contribution in [0.1, 0.15) is 18.2 Å². The number of aryl methyl sites for hydroxylation is 1. The van der Waals surface area contributed by atoms with E-state index in [4.69, 9.17) is 15.0 Å². The number of carbonyl (C=O) groups excluding carboxylic acids is 2. The number of hydrogen-bond donors (Lipinski definition) is 3. The van der Waals surface area contributed by atoms with Gasteiger partial charge in [-0.2, -0.15) is 0 Å². The van der Waals surface area contributed by atoms with Crippen LogP contribution in [0.5, 0.6) is 5.75 Å². The van der Waals surface area contributed by atoms with E-state index in [-0.39, 0.29) is 6.54 Å². The Labute approximate surface area is 145 Å². The van der Waals surface area contributed by atoms with Gasteiger partial charge in [-0.15, -0.1) is 0 Å². The highest BCUT2D eigenvalue weighted by Gasteiger charge is 2.17. The third-order valence-corrected chi connectivity index (χ3v) is 3.50. The van der Waals surface area contributed by atoms with Crippen LogP contribution in [0.25, 0.3) is 0 Å². The highest BCUT2D eigenvalue weighted by Crippen LogP contribution is 2.15. The lowest BCUT2D eigenvalue weighted by Crippen LogP contribution is -2.39. The largest absolute Gasteiger partial charge is 0.494 e. The number of hydrogen-bond acceptors (Lipinski definition) is 5. The van der Waals surface area contributed by atoms with Gasteiger partial charge < -0.3 is 20.3 Å². The van der Waals surface area contributed by atoms with Crippen molar-refractivity contribution in [2.24, 2.45) is 11.7 Å². The molecule has 25 heavy (non-hydrogen) atoms. The Morgan fingerprint density at radius 2 is 2.04 bits per heavy atom. The van der Waals surface area contributed by atoms with E-state index in [1.165, 1.54) is 0 Å². The minimum Gasteiger partial charge on any atom is -0.494 e. The van der Waals surface area contributed by atoms with E-state index in [2.05, 4.69) is 15.8 Å². The molecule has 0 radical (unpaired) electrons. The molecule has 2 aromatic rings. The molecule has 0 bridgehead atoms. The minimum absolute atomic E-state index is 0.116. The number of anilines is 1. The molecular formula is C17H22N4O4. The van der Waals surface area contributed by atoms with Crippen molar-refractivity contribution < 1.29 is 18.8 Å². The Balaban J connectivity index is 1.87. The molecule has 1 atom stereocenters. The number of rotatable bonds is 8. The van der Waals surface area contributed by atoms with E-state index in [1.54, 1.807) is 13.0 Å². The van der Waals surface area contributed by atoms with Crippen molar-refractivity contribution >= 4 is 17.8 Å². The van der Waals surface area contributed by atoms with Gasteiger partial charge in [0, 0.05) is 12.6 Å². The van der Waals surface area contributed by atoms with Gasteiger partial charge in [0.2, 0.25) is 5.91 Å². The summed E-state index contributed by atoms with van der Waals surface area (Å²) in [6, 6.07) is 8.53. The smallest absolute Gasteiger partial charge is 0.320 e. The third-order valence-electron chi connectivity index (χ3n) is 3.50. The number of primary amides is 1. The van der Waals surface area contributed by atoms with Crippen LogP contribution < -0.4 is 21.1 Å². The zero-order valence-corrected chi connectivity index (χ0v) is 14.2. The molecule has 0 fully saturated rings. The van der Waals surface area contributed by atoms with Gasteiger partial charge in [0.05, 0.1) is 12.5 Å². The molecule has 1 heterocycles. The van der Waals surface area contributed by atoms with Crippen LogP contribution in [0.2, 0.25) is 0 Å². The number of ether oxygens (including phenoxy) is 1. The fourth-order valence-corrected chi connectivity index (χ4v) is 2.25. The zero-order valence-electron chi connectivity index (χ0n) is 14.2. The molecule has 1 aromatic carbocycles. The lowest BCUT2D eigenvalue weighted by Gasteiger charge is -2.15. The van der Waals surface area contributed by atoms with Crippen LogP contribution in [0.4, 0.5) is 10.6 Å². The van der Waals surface area contributed by atoms with Crippen LogP contribution in [0.15, 0.2) is 34.9 Å². The third kappa shape index (κ3) is 5.83. The highest BCUT2D eigenvalue weighted by molar-refractivity contribution is 5.88. The molecule has 134 valence electrons. The molecule has 0 unspecified atom stereocenters. The summed E-state index contributed by atoms with van der Waals surface area (Å²) in [5.41, 5.74) is 6.37. The van der Waals surface area contributed by atoms with Crippen LogP contribution in [0, 0.1) is 12.8 Å². The second-order valence-electron chi connectivity index (χ2n) is 5.54. The SMILES string of the molecule is CCOc1ccc(C[C@@H](CNC(=O)Nc2cc(C)on2)C(N)=O)cc1. The van der Waals surface area contributed by atoms with Crippen molar-refractivity contribution in [3.63, 3.8) is 0 Å². The van der Waals surface area contributed by atoms with E-state index in [0.29, 0.717) is 24.6 Å². The van der Waals surface area contributed by atoms with Gasteiger partial charge in [-0.1, -0.05) is 17.3 Å². The second kappa shape index (κ2) is 8.72. The number of amides is 3. The van der Waals surface area contributed by atoms with Gasteiger partial charge in [0.1, 0.15) is 11.5 Å².